The zero-order chi connectivity index (χ0) is 30.9. The van der Waals surface area contributed by atoms with Gasteiger partial charge in [0.15, 0.2) is 5.82 Å². The van der Waals surface area contributed by atoms with Crippen LogP contribution >= 0.6 is 11.8 Å². The topological polar surface area (TPSA) is 99.3 Å². The third-order valence-electron chi connectivity index (χ3n) is 7.31. The third kappa shape index (κ3) is 5.16. The van der Waals surface area contributed by atoms with Crippen molar-refractivity contribution in [1.82, 2.24) is 20.1 Å². The number of aryl methyl sites for hydroxylation is 1. The number of urea groups is 1. The summed E-state index contributed by atoms with van der Waals surface area (Å²) < 4.78 is 52.8. The molecule has 0 bridgehead atoms. The van der Waals surface area contributed by atoms with Crippen LogP contribution in [0.25, 0.3) is 11.3 Å². The number of aromatic nitrogens is 3. The van der Waals surface area contributed by atoms with Crippen molar-refractivity contribution in [2.75, 3.05) is 36.1 Å². The maximum atomic E-state index is 15.2. The monoisotopic (exact) mass is 617 g/mol. The number of allylic oxidation sites excluding steroid dienone is 1. The molecule has 13 heteroatoms. The van der Waals surface area contributed by atoms with Gasteiger partial charge in [-0.3, -0.25) is 9.47 Å². The molecule has 2 saturated heterocycles. The lowest BCUT2D eigenvalue weighted by Crippen LogP contribution is -2.61. The van der Waals surface area contributed by atoms with Gasteiger partial charge in [-0.15, -0.1) is 10.2 Å². The standard InChI is InChI=1S/C31H26F3N7O2S/c1-21-12-14-22(15-13-21)30(31(32,33)34)36-29(42)41(24-10-6-3-7-11-24)27(44-30)25(20-35)26-37-38-28(39-16-18-43-19-17-39)40(26)23-8-4-2-5-9-23/h2-15H,16-19H2,1H3,(H,36,42)/b27-25-/t30-/m1/s1. The molecule has 0 spiro atoms. The van der Waals surface area contributed by atoms with Gasteiger partial charge in [0, 0.05) is 13.1 Å². The Morgan fingerprint density at radius 3 is 2.16 bits per heavy atom. The summed E-state index contributed by atoms with van der Waals surface area (Å²) in [6, 6.07) is 24.0. The molecule has 6 rings (SSSR count). The van der Waals surface area contributed by atoms with Gasteiger partial charge in [-0.05, 0) is 36.8 Å². The second kappa shape index (κ2) is 11.7. The number of carbonyl (C=O) groups is 1. The van der Waals surface area contributed by atoms with E-state index in [-0.39, 0.29) is 27.7 Å². The first-order valence-corrected chi connectivity index (χ1v) is 14.5. The third-order valence-corrected chi connectivity index (χ3v) is 8.77. The summed E-state index contributed by atoms with van der Waals surface area (Å²) >= 11 is 0.339. The van der Waals surface area contributed by atoms with Crippen LogP contribution in [-0.2, 0) is 9.61 Å². The Morgan fingerprint density at radius 1 is 0.955 bits per heavy atom. The lowest BCUT2D eigenvalue weighted by atomic mass is 10.0. The van der Waals surface area contributed by atoms with E-state index in [1.807, 2.05) is 11.0 Å². The molecule has 1 N–H and O–H groups in total. The maximum absolute atomic E-state index is 15.2. The van der Waals surface area contributed by atoms with Crippen molar-refractivity contribution in [3.8, 4) is 11.8 Å². The van der Waals surface area contributed by atoms with Gasteiger partial charge in [0.1, 0.15) is 16.7 Å². The van der Waals surface area contributed by atoms with Gasteiger partial charge < -0.3 is 15.0 Å². The summed E-state index contributed by atoms with van der Waals surface area (Å²) in [6.45, 7) is 3.66. The number of nitriles is 1. The number of para-hydroxylation sites is 2. The number of benzene rings is 3. The Balaban J connectivity index is 1.63. The average molecular weight is 618 g/mol. The number of nitrogens with one attached hydrogen (secondary N) is 1. The van der Waals surface area contributed by atoms with Crippen molar-refractivity contribution in [2.45, 2.75) is 18.0 Å². The molecule has 2 aliphatic heterocycles. The van der Waals surface area contributed by atoms with Gasteiger partial charge in [0.05, 0.1) is 24.6 Å². The van der Waals surface area contributed by atoms with E-state index in [4.69, 9.17) is 4.74 Å². The number of anilines is 2. The molecule has 0 aliphatic carbocycles. The van der Waals surface area contributed by atoms with Crippen molar-refractivity contribution < 1.29 is 22.7 Å². The summed E-state index contributed by atoms with van der Waals surface area (Å²) in [5.74, 6) is 0.401. The number of morpholine rings is 1. The van der Waals surface area contributed by atoms with Crippen LogP contribution in [0.1, 0.15) is 17.0 Å². The number of halogens is 3. The average Bonchev–Trinajstić information content (AvgIpc) is 3.47. The highest BCUT2D eigenvalue weighted by Crippen LogP contribution is 2.55. The molecule has 2 amide bonds. The highest BCUT2D eigenvalue weighted by molar-refractivity contribution is 8.04. The Morgan fingerprint density at radius 2 is 1.57 bits per heavy atom. The molecule has 2 fully saturated rings. The quantitative estimate of drug-likeness (QED) is 0.275. The van der Waals surface area contributed by atoms with Crippen LogP contribution in [0, 0.1) is 18.3 Å². The van der Waals surface area contributed by atoms with E-state index in [2.05, 4.69) is 21.6 Å². The van der Waals surface area contributed by atoms with E-state index < -0.39 is 17.1 Å². The van der Waals surface area contributed by atoms with Gasteiger partial charge in [-0.1, -0.05) is 78.0 Å². The van der Waals surface area contributed by atoms with Crippen LogP contribution in [0.15, 0.2) is 90.0 Å². The summed E-state index contributed by atoms with van der Waals surface area (Å²) in [4.78, 5) is 14.0. The minimum Gasteiger partial charge on any atom is -0.378 e. The van der Waals surface area contributed by atoms with Crippen LogP contribution in [0.3, 0.4) is 0 Å². The lowest BCUT2D eigenvalue weighted by molar-refractivity contribution is -0.167. The van der Waals surface area contributed by atoms with Crippen LogP contribution in [-0.4, -0.2) is 53.3 Å². The number of thioether (sulfide) groups is 1. The number of alkyl halides is 3. The molecule has 3 heterocycles. The van der Waals surface area contributed by atoms with Crippen molar-refractivity contribution in [3.63, 3.8) is 0 Å². The number of ether oxygens (including phenoxy) is 1. The van der Waals surface area contributed by atoms with Crippen LogP contribution in [0.4, 0.5) is 29.6 Å². The molecule has 44 heavy (non-hydrogen) atoms. The molecule has 0 radical (unpaired) electrons. The van der Waals surface area contributed by atoms with Crippen molar-refractivity contribution >= 4 is 35.0 Å². The SMILES string of the molecule is Cc1ccc([C@@]2(C(F)(F)F)NC(=O)N(c3ccccc3)/C(=C(\C#N)c3nnc(N4CCOCC4)n3-c3ccccc3)S2)cc1. The van der Waals surface area contributed by atoms with Gasteiger partial charge >= 0.3 is 12.2 Å². The molecule has 1 atom stereocenters. The van der Waals surface area contributed by atoms with E-state index in [1.165, 1.54) is 12.1 Å². The van der Waals surface area contributed by atoms with Gasteiger partial charge in [-0.2, -0.15) is 18.4 Å². The number of rotatable bonds is 5. The molecule has 0 saturated carbocycles. The van der Waals surface area contributed by atoms with E-state index >= 15 is 13.2 Å². The fourth-order valence-electron chi connectivity index (χ4n) is 5.12. The van der Waals surface area contributed by atoms with Crippen LogP contribution in [0.5, 0.6) is 0 Å². The second-order valence-electron chi connectivity index (χ2n) is 10.1. The van der Waals surface area contributed by atoms with Crippen LogP contribution in [0.2, 0.25) is 0 Å². The normalized spacial score (nSPS) is 20.2. The van der Waals surface area contributed by atoms with E-state index in [1.54, 1.807) is 78.2 Å². The molecule has 0 unspecified atom stereocenters. The van der Waals surface area contributed by atoms with Gasteiger partial charge in [0.25, 0.3) is 0 Å². The molecule has 2 aliphatic rings. The molecule has 3 aromatic carbocycles. The van der Waals surface area contributed by atoms with E-state index in [0.29, 0.717) is 49.7 Å². The molecule has 224 valence electrons. The first kappa shape index (κ1) is 29.3. The number of hydrogen-bond acceptors (Lipinski definition) is 7. The highest BCUT2D eigenvalue weighted by Gasteiger charge is 2.62. The van der Waals surface area contributed by atoms with E-state index in [0.717, 1.165) is 10.5 Å². The molecule has 9 nitrogen and oxygen atoms in total. The first-order valence-electron chi connectivity index (χ1n) is 13.7. The molecular weight excluding hydrogens is 591 g/mol. The predicted molar refractivity (Wildman–Crippen MR) is 161 cm³/mol. The number of carbonyl (C=O) groups excluding carboxylic acids is 1. The summed E-state index contributed by atoms with van der Waals surface area (Å²) in [5, 5.41) is 21.4. The largest absolute Gasteiger partial charge is 0.425 e. The Kier molecular flexibility index (Phi) is 7.79. The maximum Gasteiger partial charge on any atom is 0.425 e. The lowest BCUT2D eigenvalue weighted by Gasteiger charge is -2.44. The Bertz CT molecular complexity index is 1730. The second-order valence-corrected chi connectivity index (χ2v) is 11.3. The Labute approximate surface area is 255 Å². The van der Waals surface area contributed by atoms with Crippen molar-refractivity contribution in [3.05, 3.63) is 107 Å². The van der Waals surface area contributed by atoms with Crippen molar-refractivity contribution in [2.24, 2.45) is 0 Å². The molecular formula is C31H26F3N7O2S. The highest BCUT2D eigenvalue weighted by atomic mass is 32.2. The number of hydrogen-bond donors (Lipinski definition) is 1. The zero-order valence-corrected chi connectivity index (χ0v) is 24.3. The molecule has 4 aromatic rings. The first-order chi connectivity index (χ1) is 21.2. The van der Waals surface area contributed by atoms with Crippen molar-refractivity contribution in [1.29, 1.82) is 5.26 Å². The van der Waals surface area contributed by atoms with E-state index in [9.17, 15) is 10.1 Å². The fraction of sp³-hybridized carbons (Fsp3) is 0.226. The Hall–Kier alpha value is -4.80. The number of amides is 2. The zero-order valence-electron chi connectivity index (χ0n) is 23.5. The van der Waals surface area contributed by atoms with Gasteiger partial charge in [-0.25, -0.2) is 4.79 Å². The predicted octanol–water partition coefficient (Wildman–Crippen LogP) is 5.98. The molecule has 1 aromatic heterocycles. The van der Waals surface area contributed by atoms with Gasteiger partial charge in [0.2, 0.25) is 10.8 Å². The van der Waals surface area contributed by atoms with Crippen LogP contribution < -0.4 is 15.1 Å². The number of nitrogens with zero attached hydrogens (tertiary/aromatic N) is 6. The summed E-state index contributed by atoms with van der Waals surface area (Å²) in [5.41, 5.74) is 1.20. The fourth-order valence-corrected chi connectivity index (χ4v) is 6.43. The minimum atomic E-state index is -4.96. The minimum absolute atomic E-state index is 0.00157. The summed E-state index contributed by atoms with van der Waals surface area (Å²) in [6.07, 6.45) is -4.96. The summed E-state index contributed by atoms with van der Waals surface area (Å²) in [7, 11) is 0. The smallest absolute Gasteiger partial charge is 0.378 e.